The number of nitrogens with zero attached hydrogens (tertiary/aromatic N) is 2. The first-order valence-corrected chi connectivity index (χ1v) is 6.36. The van der Waals surface area contributed by atoms with Gasteiger partial charge in [0.25, 0.3) is 0 Å². The Balaban J connectivity index is 2.18. The minimum Gasteiger partial charge on any atom is -0.353 e. The Hall–Kier alpha value is -1.88. The van der Waals surface area contributed by atoms with Gasteiger partial charge in [-0.05, 0) is 31.0 Å². The van der Waals surface area contributed by atoms with Gasteiger partial charge in [-0.15, -0.1) is 0 Å². The van der Waals surface area contributed by atoms with Gasteiger partial charge in [-0.1, -0.05) is 12.1 Å². The molecule has 5 nitrogen and oxygen atoms in total. The van der Waals surface area contributed by atoms with Gasteiger partial charge < -0.3 is 10.6 Å². The summed E-state index contributed by atoms with van der Waals surface area (Å²) >= 11 is 0. The molecule has 1 aromatic carbocycles. The van der Waals surface area contributed by atoms with E-state index in [-0.39, 0.29) is 30.9 Å². The molecule has 1 aliphatic rings. The Morgan fingerprint density at radius 2 is 1.89 bits per heavy atom. The minimum atomic E-state index is -0.172. The Morgan fingerprint density at radius 3 is 2.47 bits per heavy atom. The minimum absolute atomic E-state index is 0.0889. The lowest BCUT2D eigenvalue weighted by molar-refractivity contribution is -0.143. The highest BCUT2D eigenvalue weighted by Gasteiger charge is 2.28. The maximum Gasteiger partial charge on any atom is 0.248 e. The van der Waals surface area contributed by atoms with Crippen molar-refractivity contribution in [2.24, 2.45) is 5.73 Å². The summed E-state index contributed by atoms with van der Waals surface area (Å²) in [6.07, 6.45) is 0.781. The van der Waals surface area contributed by atoms with Crippen LogP contribution in [-0.2, 0) is 16.0 Å². The molecule has 0 bridgehead atoms. The van der Waals surface area contributed by atoms with Crippen LogP contribution in [0.5, 0.6) is 0 Å². The SMILES string of the molecule is CC(N)Cc1cccc(N2CC(=O)N(C)C(=O)C2)c1. The van der Waals surface area contributed by atoms with Crippen LogP contribution in [0, 0.1) is 0 Å². The Kier molecular flexibility index (Phi) is 3.85. The van der Waals surface area contributed by atoms with E-state index in [2.05, 4.69) is 0 Å². The summed E-state index contributed by atoms with van der Waals surface area (Å²) in [4.78, 5) is 26.4. The predicted octanol–water partition coefficient (Wildman–Crippen LogP) is 0.381. The standard InChI is InChI=1S/C14H19N3O2/c1-10(15)6-11-4-3-5-12(7-11)17-8-13(18)16(2)14(19)9-17/h3-5,7,10H,6,8-9,15H2,1-2H3. The van der Waals surface area contributed by atoms with Crippen molar-refractivity contribution in [3.8, 4) is 0 Å². The molecule has 0 saturated carbocycles. The molecule has 1 heterocycles. The first-order chi connectivity index (χ1) is 8.97. The van der Waals surface area contributed by atoms with E-state index in [1.54, 1.807) is 4.90 Å². The number of hydrogen-bond acceptors (Lipinski definition) is 4. The molecule has 19 heavy (non-hydrogen) atoms. The number of rotatable bonds is 3. The van der Waals surface area contributed by atoms with Crippen LogP contribution in [0.1, 0.15) is 12.5 Å². The average molecular weight is 261 g/mol. The third-order valence-electron chi connectivity index (χ3n) is 3.23. The number of nitrogens with two attached hydrogens (primary N) is 1. The molecule has 102 valence electrons. The zero-order chi connectivity index (χ0) is 14.0. The number of carbonyl (C=O) groups is 2. The summed E-state index contributed by atoms with van der Waals surface area (Å²) in [5.41, 5.74) is 7.80. The van der Waals surface area contributed by atoms with Crippen LogP contribution in [0.2, 0.25) is 0 Å². The molecular formula is C14H19N3O2. The van der Waals surface area contributed by atoms with Gasteiger partial charge in [0, 0.05) is 18.8 Å². The number of likely N-dealkylation sites (N-methyl/N-ethyl adjacent to an activating group) is 1. The Bertz CT molecular complexity index is 481. The molecule has 1 aliphatic heterocycles. The molecule has 1 aromatic rings. The molecule has 0 aliphatic carbocycles. The second-order valence-electron chi connectivity index (χ2n) is 5.05. The van der Waals surface area contributed by atoms with Crippen molar-refractivity contribution >= 4 is 17.5 Å². The van der Waals surface area contributed by atoms with E-state index < -0.39 is 0 Å². The van der Waals surface area contributed by atoms with Crippen molar-refractivity contribution in [2.75, 3.05) is 25.0 Å². The van der Waals surface area contributed by atoms with Crippen LogP contribution < -0.4 is 10.6 Å². The predicted molar refractivity (Wildman–Crippen MR) is 73.8 cm³/mol. The Morgan fingerprint density at radius 1 is 1.26 bits per heavy atom. The van der Waals surface area contributed by atoms with E-state index in [0.717, 1.165) is 17.7 Å². The molecule has 2 amide bonds. The zero-order valence-corrected chi connectivity index (χ0v) is 11.3. The number of benzene rings is 1. The van der Waals surface area contributed by atoms with Gasteiger partial charge in [0.2, 0.25) is 11.8 Å². The monoisotopic (exact) mass is 261 g/mol. The number of piperazine rings is 1. The van der Waals surface area contributed by atoms with Gasteiger partial charge in [-0.25, -0.2) is 0 Å². The number of hydrogen-bond donors (Lipinski definition) is 1. The highest BCUT2D eigenvalue weighted by molar-refractivity contribution is 6.02. The van der Waals surface area contributed by atoms with Crippen LogP contribution >= 0.6 is 0 Å². The smallest absolute Gasteiger partial charge is 0.248 e. The lowest BCUT2D eigenvalue weighted by Gasteiger charge is -2.32. The molecule has 0 radical (unpaired) electrons. The summed E-state index contributed by atoms with van der Waals surface area (Å²) in [5, 5.41) is 0. The lowest BCUT2D eigenvalue weighted by Crippen LogP contribution is -2.52. The van der Waals surface area contributed by atoms with Gasteiger partial charge in [-0.2, -0.15) is 0 Å². The zero-order valence-electron chi connectivity index (χ0n) is 11.3. The van der Waals surface area contributed by atoms with E-state index >= 15 is 0 Å². The van der Waals surface area contributed by atoms with Crippen LogP contribution in [0.15, 0.2) is 24.3 Å². The number of anilines is 1. The lowest BCUT2D eigenvalue weighted by atomic mass is 10.1. The summed E-state index contributed by atoms with van der Waals surface area (Å²) < 4.78 is 0. The van der Waals surface area contributed by atoms with Gasteiger partial charge in [0.15, 0.2) is 0 Å². The van der Waals surface area contributed by atoms with Crippen LogP contribution in [-0.4, -0.2) is 42.9 Å². The summed E-state index contributed by atoms with van der Waals surface area (Å²) in [6, 6.07) is 7.93. The van der Waals surface area contributed by atoms with Crippen LogP contribution in [0.4, 0.5) is 5.69 Å². The molecule has 1 saturated heterocycles. The van der Waals surface area contributed by atoms with Crippen LogP contribution in [0.3, 0.4) is 0 Å². The van der Waals surface area contributed by atoms with E-state index in [4.69, 9.17) is 5.73 Å². The van der Waals surface area contributed by atoms with Gasteiger partial charge in [0.05, 0.1) is 13.1 Å². The van der Waals surface area contributed by atoms with Crippen molar-refractivity contribution in [1.29, 1.82) is 0 Å². The second-order valence-corrected chi connectivity index (χ2v) is 5.05. The van der Waals surface area contributed by atoms with Crippen molar-refractivity contribution in [3.05, 3.63) is 29.8 Å². The number of carbonyl (C=O) groups excluding carboxylic acids is 2. The molecule has 0 spiro atoms. The molecular weight excluding hydrogens is 242 g/mol. The summed E-state index contributed by atoms with van der Waals surface area (Å²) in [6.45, 7) is 2.43. The normalized spacial score (nSPS) is 17.8. The highest BCUT2D eigenvalue weighted by atomic mass is 16.2. The molecule has 2 N–H and O–H groups in total. The fourth-order valence-electron chi connectivity index (χ4n) is 2.17. The first-order valence-electron chi connectivity index (χ1n) is 6.36. The van der Waals surface area contributed by atoms with Gasteiger partial charge in [-0.3, -0.25) is 14.5 Å². The van der Waals surface area contributed by atoms with Crippen molar-refractivity contribution in [3.63, 3.8) is 0 Å². The molecule has 1 fully saturated rings. The number of imide groups is 1. The molecule has 0 aromatic heterocycles. The fourth-order valence-corrected chi connectivity index (χ4v) is 2.17. The van der Waals surface area contributed by atoms with Crippen molar-refractivity contribution in [1.82, 2.24) is 4.90 Å². The molecule has 1 atom stereocenters. The van der Waals surface area contributed by atoms with E-state index in [1.165, 1.54) is 11.9 Å². The molecule has 5 heteroatoms. The molecule has 2 rings (SSSR count). The quantitative estimate of drug-likeness (QED) is 0.799. The largest absolute Gasteiger partial charge is 0.353 e. The van der Waals surface area contributed by atoms with Crippen LogP contribution in [0.25, 0.3) is 0 Å². The number of amides is 2. The van der Waals surface area contributed by atoms with E-state index in [0.29, 0.717) is 0 Å². The third-order valence-corrected chi connectivity index (χ3v) is 3.23. The second kappa shape index (κ2) is 5.40. The fraction of sp³-hybridized carbons (Fsp3) is 0.429. The van der Waals surface area contributed by atoms with Gasteiger partial charge in [0.1, 0.15) is 0 Å². The maximum atomic E-state index is 11.7. The first kappa shape index (κ1) is 13.5. The van der Waals surface area contributed by atoms with E-state index in [9.17, 15) is 9.59 Å². The Labute approximate surface area is 113 Å². The van der Waals surface area contributed by atoms with Crippen molar-refractivity contribution < 1.29 is 9.59 Å². The molecule has 1 unspecified atom stereocenters. The topological polar surface area (TPSA) is 66.6 Å². The highest BCUT2D eigenvalue weighted by Crippen LogP contribution is 2.19. The van der Waals surface area contributed by atoms with Gasteiger partial charge >= 0.3 is 0 Å². The van der Waals surface area contributed by atoms with Crippen molar-refractivity contribution in [2.45, 2.75) is 19.4 Å². The van der Waals surface area contributed by atoms with E-state index in [1.807, 2.05) is 31.2 Å². The maximum absolute atomic E-state index is 11.7. The third kappa shape index (κ3) is 3.12. The average Bonchev–Trinajstić information content (AvgIpc) is 2.35. The summed E-state index contributed by atoms with van der Waals surface area (Å²) in [5.74, 6) is -0.345. The summed E-state index contributed by atoms with van der Waals surface area (Å²) in [7, 11) is 1.52.